The molecule has 1 atom stereocenters. The molecule has 0 heterocycles. The summed E-state index contributed by atoms with van der Waals surface area (Å²) in [4.78, 5) is 0. The van der Waals surface area contributed by atoms with Crippen LogP contribution in [0.2, 0.25) is 0 Å². The van der Waals surface area contributed by atoms with Crippen molar-refractivity contribution in [1.82, 2.24) is 5.32 Å². The van der Waals surface area contributed by atoms with Crippen LogP contribution < -0.4 is 10.1 Å². The Hall–Kier alpha value is -1.16. The second-order valence-electron chi connectivity index (χ2n) is 4.62. The third-order valence-electron chi connectivity index (χ3n) is 3.02. The molecule has 0 aliphatic rings. The van der Waals surface area contributed by atoms with E-state index in [1.807, 2.05) is 0 Å². The van der Waals surface area contributed by atoms with E-state index in [0.717, 1.165) is 50.4 Å². The summed E-state index contributed by atoms with van der Waals surface area (Å²) in [5, 5.41) is 3.45. The molecule has 0 fully saturated rings. The van der Waals surface area contributed by atoms with E-state index < -0.39 is 11.6 Å². The molecule has 0 amide bonds. The molecule has 0 aliphatic carbocycles. The van der Waals surface area contributed by atoms with Crippen LogP contribution in [0.15, 0.2) is 18.2 Å². The lowest BCUT2D eigenvalue weighted by atomic mass is 10.1. The minimum atomic E-state index is -0.516. The average molecular weight is 271 g/mol. The molecule has 2 nitrogen and oxygen atoms in total. The average Bonchev–Trinajstić information content (AvgIpc) is 2.41. The van der Waals surface area contributed by atoms with Gasteiger partial charge in [0.25, 0.3) is 0 Å². The zero-order chi connectivity index (χ0) is 14.1. The topological polar surface area (TPSA) is 21.3 Å². The van der Waals surface area contributed by atoms with Crippen LogP contribution in [0, 0.1) is 11.6 Å². The molecular weight excluding hydrogens is 248 g/mol. The molecule has 0 saturated carbocycles. The van der Waals surface area contributed by atoms with Crippen molar-refractivity contribution in [1.29, 1.82) is 0 Å². The van der Waals surface area contributed by atoms with Crippen molar-refractivity contribution in [3.63, 3.8) is 0 Å². The van der Waals surface area contributed by atoms with Crippen molar-refractivity contribution in [2.45, 2.75) is 45.6 Å². The van der Waals surface area contributed by atoms with E-state index in [-0.39, 0.29) is 5.75 Å². The molecule has 108 valence electrons. The van der Waals surface area contributed by atoms with Gasteiger partial charge in [-0.05, 0) is 44.4 Å². The normalized spacial score (nSPS) is 12.4. The first-order valence-electron chi connectivity index (χ1n) is 6.98. The van der Waals surface area contributed by atoms with Gasteiger partial charge >= 0.3 is 0 Å². The minimum Gasteiger partial charge on any atom is -0.490 e. The summed E-state index contributed by atoms with van der Waals surface area (Å²) in [5.74, 6) is -1.00. The van der Waals surface area contributed by atoms with E-state index in [1.165, 1.54) is 0 Å². The molecule has 1 aromatic rings. The monoisotopic (exact) mass is 271 g/mol. The molecule has 1 N–H and O–H groups in total. The lowest BCUT2D eigenvalue weighted by Crippen LogP contribution is -2.29. The zero-order valence-electron chi connectivity index (χ0n) is 11.7. The predicted molar refractivity (Wildman–Crippen MR) is 73.5 cm³/mol. The Bertz CT molecular complexity index is 371. The van der Waals surface area contributed by atoms with Crippen molar-refractivity contribution in [3.8, 4) is 5.75 Å². The summed E-state index contributed by atoms with van der Waals surface area (Å²) in [7, 11) is 0. The number of halogens is 2. The fraction of sp³-hybridized carbons (Fsp3) is 0.600. The van der Waals surface area contributed by atoms with E-state index in [1.54, 1.807) is 0 Å². The number of hydrogen-bond donors (Lipinski definition) is 1. The molecule has 19 heavy (non-hydrogen) atoms. The summed E-state index contributed by atoms with van der Waals surface area (Å²) in [5.41, 5.74) is 0. The quantitative estimate of drug-likeness (QED) is 0.688. The third kappa shape index (κ3) is 6.01. The van der Waals surface area contributed by atoms with Gasteiger partial charge < -0.3 is 10.1 Å². The van der Waals surface area contributed by atoms with Crippen LogP contribution in [-0.4, -0.2) is 19.2 Å². The third-order valence-corrected chi connectivity index (χ3v) is 3.02. The summed E-state index contributed by atoms with van der Waals surface area (Å²) < 4.78 is 31.5. The first-order valence-corrected chi connectivity index (χ1v) is 6.98. The molecule has 0 spiro atoms. The van der Waals surface area contributed by atoms with Crippen LogP contribution in [0.5, 0.6) is 5.75 Å². The molecule has 0 aliphatic heterocycles. The van der Waals surface area contributed by atoms with Crippen molar-refractivity contribution in [3.05, 3.63) is 29.8 Å². The van der Waals surface area contributed by atoms with Gasteiger partial charge in [-0.1, -0.05) is 13.8 Å². The van der Waals surface area contributed by atoms with Crippen LogP contribution in [0.4, 0.5) is 8.78 Å². The first kappa shape index (κ1) is 15.9. The van der Waals surface area contributed by atoms with E-state index in [0.29, 0.717) is 12.6 Å². The molecule has 0 saturated heterocycles. The van der Waals surface area contributed by atoms with Crippen LogP contribution >= 0.6 is 0 Å². The maximum absolute atomic E-state index is 13.3. The molecule has 1 aromatic carbocycles. The highest BCUT2D eigenvalue weighted by Crippen LogP contribution is 2.18. The molecule has 0 aromatic heterocycles. The van der Waals surface area contributed by atoms with E-state index in [4.69, 9.17) is 4.74 Å². The maximum atomic E-state index is 13.3. The fourth-order valence-electron chi connectivity index (χ4n) is 1.90. The minimum absolute atomic E-state index is 0.00503. The van der Waals surface area contributed by atoms with Gasteiger partial charge in [0.1, 0.15) is 5.82 Å². The van der Waals surface area contributed by atoms with Crippen molar-refractivity contribution in [2.75, 3.05) is 13.2 Å². The first-order chi connectivity index (χ1) is 9.17. The van der Waals surface area contributed by atoms with Crippen LogP contribution in [0.25, 0.3) is 0 Å². The fourth-order valence-corrected chi connectivity index (χ4v) is 1.90. The van der Waals surface area contributed by atoms with E-state index in [9.17, 15) is 8.78 Å². The Morgan fingerprint density at radius 1 is 1.26 bits per heavy atom. The van der Waals surface area contributed by atoms with Gasteiger partial charge in [-0.3, -0.25) is 0 Å². The maximum Gasteiger partial charge on any atom is 0.165 e. The van der Waals surface area contributed by atoms with Gasteiger partial charge in [-0.2, -0.15) is 0 Å². The van der Waals surface area contributed by atoms with Gasteiger partial charge in [-0.15, -0.1) is 0 Å². The van der Waals surface area contributed by atoms with Crippen LogP contribution in [0.3, 0.4) is 0 Å². The largest absolute Gasteiger partial charge is 0.490 e. The summed E-state index contributed by atoms with van der Waals surface area (Å²) >= 11 is 0. The van der Waals surface area contributed by atoms with E-state index >= 15 is 0 Å². The summed E-state index contributed by atoms with van der Waals surface area (Å²) in [6.45, 7) is 5.69. The van der Waals surface area contributed by atoms with Gasteiger partial charge in [0.2, 0.25) is 0 Å². The number of benzene rings is 1. The molecule has 0 radical (unpaired) electrons. The second-order valence-corrected chi connectivity index (χ2v) is 4.62. The zero-order valence-corrected chi connectivity index (χ0v) is 11.7. The Morgan fingerprint density at radius 2 is 2.05 bits per heavy atom. The predicted octanol–water partition coefficient (Wildman–Crippen LogP) is 3.90. The van der Waals surface area contributed by atoms with Gasteiger partial charge in [0.15, 0.2) is 11.6 Å². The second kappa shape index (κ2) is 8.86. The van der Waals surface area contributed by atoms with Crippen molar-refractivity contribution in [2.24, 2.45) is 0 Å². The van der Waals surface area contributed by atoms with Gasteiger partial charge in [0.05, 0.1) is 6.61 Å². The Morgan fingerprint density at radius 3 is 2.74 bits per heavy atom. The highest BCUT2D eigenvalue weighted by atomic mass is 19.1. The van der Waals surface area contributed by atoms with E-state index in [2.05, 4.69) is 19.2 Å². The lowest BCUT2D eigenvalue weighted by Gasteiger charge is -2.16. The SMILES string of the molecule is CCCNC(CC)CCCOc1cc(F)ccc1F. The van der Waals surface area contributed by atoms with Gasteiger partial charge in [-0.25, -0.2) is 8.78 Å². The Labute approximate surface area is 114 Å². The standard InChI is InChI=1S/C15H23F2NO/c1-3-9-18-13(4-2)6-5-10-19-15-11-12(16)7-8-14(15)17/h7-8,11,13,18H,3-6,9-10H2,1-2H3. The molecule has 1 rings (SSSR count). The van der Waals surface area contributed by atoms with Crippen molar-refractivity contribution >= 4 is 0 Å². The number of ether oxygens (including phenoxy) is 1. The Kier molecular flexibility index (Phi) is 7.41. The molecule has 1 unspecified atom stereocenters. The number of hydrogen-bond acceptors (Lipinski definition) is 2. The highest BCUT2D eigenvalue weighted by molar-refractivity contribution is 5.24. The summed E-state index contributed by atoms with van der Waals surface area (Å²) in [6.07, 6.45) is 3.98. The Balaban J connectivity index is 2.27. The molecule has 4 heteroatoms. The lowest BCUT2D eigenvalue weighted by molar-refractivity contribution is 0.280. The van der Waals surface area contributed by atoms with Gasteiger partial charge in [0, 0.05) is 12.1 Å². The molecular formula is C15H23F2NO. The van der Waals surface area contributed by atoms with Crippen LogP contribution in [0.1, 0.15) is 39.5 Å². The molecule has 0 bridgehead atoms. The smallest absolute Gasteiger partial charge is 0.165 e. The number of nitrogens with one attached hydrogen (secondary N) is 1. The highest BCUT2D eigenvalue weighted by Gasteiger charge is 2.07. The summed E-state index contributed by atoms with van der Waals surface area (Å²) in [6, 6.07) is 3.73. The number of rotatable bonds is 9. The van der Waals surface area contributed by atoms with Crippen molar-refractivity contribution < 1.29 is 13.5 Å². The van der Waals surface area contributed by atoms with Crippen LogP contribution in [-0.2, 0) is 0 Å².